The number of hydrogen-bond donors (Lipinski definition) is 5. The summed E-state index contributed by atoms with van der Waals surface area (Å²) in [4.78, 5) is 23.8. The van der Waals surface area contributed by atoms with Gasteiger partial charge in [-0.05, 0) is 97.7 Å². The highest BCUT2D eigenvalue weighted by Gasteiger charge is 2.65. The van der Waals surface area contributed by atoms with Gasteiger partial charge in [-0.25, -0.2) is 4.79 Å². The van der Waals surface area contributed by atoms with Crippen molar-refractivity contribution >= 4 is 11.9 Å². The summed E-state index contributed by atoms with van der Waals surface area (Å²) in [6, 6.07) is -1.07. The third kappa shape index (κ3) is 4.59. The van der Waals surface area contributed by atoms with Crippen molar-refractivity contribution < 1.29 is 30.0 Å². The monoisotopic (exact) mass is 503 g/mol. The maximum absolute atomic E-state index is 12.5. The van der Waals surface area contributed by atoms with E-state index in [1.54, 1.807) is 0 Å². The molecule has 0 aromatic rings. The predicted molar refractivity (Wildman–Crippen MR) is 135 cm³/mol. The van der Waals surface area contributed by atoms with E-state index in [4.69, 9.17) is 6.42 Å². The average molecular weight is 504 g/mol. The quantitative estimate of drug-likeness (QED) is 0.340. The van der Waals surface area contributed by atoms with Crippen LogP contribution in [0, 0.1) is 58.7 Å². The summed E-state index contributed by atoms with van der Waals surface area (Å²) >= 11 is 0. The van der Waals surface area contributed by atoms with Gasteiger partial charge >= 0.3 is 5.97 Å². The molecule has 0 aliphatic heterocycles. The molecule has 12 atom stereocenters. The van der Waals surface area contributed by atoms with E-state index in [1.165, 1.54) is 0 Å². The fourth-order valence-electron chi connectivity index (χ4n) is 9.28. The molecule has 5 N–H and O–H groups in total. The molecule has 4 fully saturated rings. The summed E-state index contributed by atoms with van der Waals surface area (Å²) in [5.74, 6) is 2.23. The first-order valence-electron chi connectivity index (χ1n) is 13.9. The summed E-state index contributed by atoms with van der Waals surface area (Å²) in [5.41, 5.74) is -0.269. The summed E-state index contributed by atoms with van der Waals surface area (Å²) < 4.78 is 0. The molecular weight excluding hydrogens is 458 g/mol. The maximum atomic E-state index is 12.5. The van der Waals surface area contributed by atoms with Gasteiger partial charge in [0.2, 0.25) is 5.91 Å². The van der Waals surface area contributed by atoms with E-state index >= 15 is 0 Å². The SMILES string of the molecule is C#CCC(NC(=O)CC[C@@H](C)[C@H]1CC[C@H]2[C@@H]3[C@@H](O)C[C@H]4C[C@@H](O)CC[C@]4(C)[C@H]3C[C@@H](O)[C@]12C)C(=O)O. The van der Waals surface area contributed by atoms with Gasteiger partial charge in [0.05, 0.1) is 18.3 Å². The standard InChI is InChI=1S/C29H45NO6/c1-5-6-22(27(35)36)30-25(34)10-7-16(2)19-8-9-20-26-21(15-24(33)29(19,20)4)28(3)12-11-18(31)13-17(28)14-23(26)32/h1,16-24,26,31-33H,6-15H2,2-4H3,(H,30,34)(H,35,36)/t16-,17-,18+,19-,20+,21+,22?,23+,24-,26+,28+,29-/m1/s1. The van der Waals surface area contributed by atoms with Crippen molar-refractivity contribution in [1.29, 1.82) is 0 Å². The maximum Gasteiger partial charge on any atom is 0.327 e. The number of rotatable bonds is 7. The second kappa shape index (κ2) is 10.3. The van der Waals surface area contributed by atoms with Gasteiger partial charge in [0.25, 0.3) is 0 Å². The molecule has 4 aliphatic carbocycles. The van der Waals surface area contributed by atoms with Gasteiger partial charge in [-0.3, -0.25) is 4.79 Å². The first-order valence-corrected chi connectivity index (χ1v) is 13.9. The molecule has 4 rings (SSSR count). The highest BCUT2D eigenvalue weighted by atomic mass is 16.4. The molecule has 0 aromatic heterocycles. The van der Waals surface area contributed by atoms with Gasteiger partial charge in [-0.15, -0.1) is 12.3 Å². The second-order valence-electron chi connectivity index (χ2n) is 12.9. The van der Waals surface area contributed by atoms with E-state index in [9.17, 15) is 30.0 Å². The van der Waals surface area contributed by atoms with Crippen molar-refractivity contribution in [2.75, 3.05) is 0 Å². The topological polar surface area (TPSA) is 127 Å². The summed E-state index contributed by atoms with van der Waals surface area (Å²) in [7, 11) is 0. The molecule has 7 heteroatoms. The van der Waals surface area contributed by atoms with Crippen LogP contribution in [0.15, 0.2) is 0 Å². The summed E-state index contributed by atoms with van der Waals surface area (Å²) in [6.45, 7) is 6.67. The molecule has 4 aliphatic rings. The molecule has 0 saturated heterocycles. The van der Waals surface area contributed by atoms with E-state index in [2.05, 4.69) is 32.0 Å². The molecule has 202 valence electrons. The Morgan fingerprint density at radius 3 is 2.47 bits per heavy atom. The molecular formula is C29H45NO6. The zero-order chi connectivity index (χ0) is 26.4. The van der Waals surface area contributed by atoms with E-state index < -0.39 is 24.2 Å². The number of amides is 1. The molecule has 0 spiro atoms. The molecule has 0 heterocycles. The molecule has 4 saturated carbocycles. The Hall–Kier alpha value is -1.62. The van der Waals surface area contributed by atoms with E-state index in [1.807, 2.05) is 0 Å². The first-order chi connectivity index (χ1) is 16.9. The number of fused-ring (bicyclic) bond motifs is 5. The van der Waals surface area contributed by atoms with Crippen molar-refractivity contribution in [3.05, 3.63) is 0 Å². The Bertz CT molecular complexity index is 885. The van der Waals surface area contributed by atoms with Crippen LogP contribution in [0.4, 0.5) is 0 Å². The third-order valence-corrected chi connectivity index (χ3v) is 11.3. The Balaban J connectivity index is 1.45. The minimum Gasteiger partial charge on any atom is -0.480 e. The number of carboxylic acid groups (broad SMARTS) is 1. The number of carbonyl (C=O) groups is 2. The fourth-order valence-corrected chi connectivity index (χ4v) is 9.28. The van der Waals surface area contributed by atoms with Crippen LogP contribution < -0.4 is 5.32 Å². The van der Waals surface area contributed by atoms with Crippen LogP contribution in [0.25, 0.3) is 0 Å². The fraction of sp³-hybridized carbons (Fsp3) is 0.862. The normalized spacial score (nSPS) is 45.4. The van der Waals surface area contributed by atoms with Gasteiger partial charge in [-0.1, -0.05) is 20.8 Å². The molecule has 0 bridgehead atoms. The zero-order valence-electron chi connectivity index (χ0n) is 22.0. The Kier molecular flexibility index (Phi) is 7.82. The molecule has 1 unspecified atom stereocenters. The van der Waals surface area contributed by atoms with E-state index in [0.717, 1.165) is 38.5 Å². The number of aliphatic hydroxyl groups is 3. The predicted octanol–water partition coefficient (Wildman–Crippen LogP) is 2.96. The first kappa shape index (κ1) is 27.4. The Morgan fingerprint density at radius 2 is 1.81 bits per heavy atom. The number of carbonyl (C=O) groups excluding carboxylic acids is 1. The third-order valence-electron chi connectivity index (χ3n) is 11.3. The summed E-state index contributed by atoms with van der Waals surface area (Å²) in [6.07, 6.45) is 10.7. The van der Waals surface area contributed by atoms with Crippen molar-refractivity contribution in [3.63, 3.8) is 0 Å². The van der Waals surface area contributed by atoms with Crippen LogP contribution in [0.2, 0.25) is 0 Å². The van der Waals surface area contributed by atoms with E-state index in [-0.39, 0.29) is 65.3 Å². The average Bonchev–Trinajstić information content (AvgIpc) is 3.17. The molecule has 7 nitrogen and oxygen atoms in total. The minimum absolute atomic E-state index is 0.0468. The van der Waals surface area contributed by atoms with Gasteiger partial charge in [0.15, 0.2) is 0 Å². The lowest BCUT2D eigenvalue weighted by Crippen LogP contribution is -2.62. The molecule has 1 amide bonds. The summed E-state index contributed by atoms with van der Waals surface area (Å²) in [5, 5.41) is 45.1. The van der Waals surface area contributed by atoms with E-state index in [0.29, 0.717) is 18.8 Å². The van der Waals surface area contributed by atoms with Crippen LogP contribution in [0.5, 0.6) is 0 Å². The van der Waals surface area contributed by atoms with Crippen molar-refractivity contribution in [2.24, 2.45) is 46.3 Å². The van der Waals surface area contributed by atoms with Gasteiger partial charge < -0.3 is 25.7 Å². The minimum atomic E-state index is -1.13. The van der Waals surface area contributed by atoms with Crippen molar-refractivity contribution in [2.45, 2.75) is 109 Å². The largest absolute Gasteiger partial charge is 0.480 e. The highest BCUT2D eigenvalue weighted by Crippen LogP contribution is 2.68. The smallest absolute Gasteiger partial charge is 0.327 e. The van der Waals surface area contributed by atoms with Crippen LogP contribution in [-0.2, 0) is 9.59 Å². The van der Waals surface area contributed by atoms with Crippen LogP contribution >= 0.6 is 0 Å². The highest BCUT2D eigenvalue weighted by molar-refractivity contribution is 5.83. The Labute approximate surface area is 215 Å². The number of terminal acetylenes is 1. The van der Waals surface area contributed by atoms with Crippen LogP contribution in [-0.4, -0.2) is 56.7 Å². The number of carboxylic acids is 1. The second-order valence-corrected chi connectivity index (χ2v) is 12.9. The number of nitrogens with one attached hydrogen (secondary N) is 1. The lowest BCUT2D eigenvalue weighted by atomic mass is 9.43. The van der Waals surface area contributed by atoms with Crippen molar-refractivity contribution in [3.8, 4) is 12.3 Å². The van der Waals surface area contributed by atoms with Gasteiger partial charge in [-0.2, -0.15) is 0 Å². The lowest BCUT2D eigenvalue weighted by molar-refractivity contribution is -0.207. The molecule has 0 radical (unpaired) electrons. The number of aliphatic hydroxyl groups excluding tert-OH is 3. The van der Waals surface area contributed by atoms with Crippen molar-refractivity contribution in [1.82, 2.24) is 5.32 Å². The van der Waals surface area contributed by atoms with Crippen LogP contribution in [0.1, 0.15) is 85.0 Å². The molecule has 36 heavy (non-hydrogen) atoms. The van der Waals surface area contributed by atoms with Gasteiger partial charge in [0, 0.05) is 12.8 Å². The van der Waals surface area contributed by atoms with Crippen LogP contribution in [0.3, 0.4) is 0 Å². The number of aliphatic carboxylic acids is 1. The van der Waals surface area contributed by atoms with Gasteiger partial charge in [0.1, 0.15) is 6.04 Å². The lowest BCUT2D eigenvalue weighted by Gasteiger charge is -2.63. The zero-order valence-corrected chi connectivity index (χ0v) is 22.0. The Morgan fingerprint density at radius 1 is 1.08 bits per heavy atom. The molecule has 0 aromatic carbocycles. The number of hydrogen-bond acceptors (Lipinski definition) is 5.